The average Bonchev–Trinajstić information content (AvgIpc) is 2.37. The number of hydrogen-bond acceptors (Lipinski definition) is 2. The lowest BCUT2D eigenvalue weighted by molar-refractivity contribution is 0.475. The van der Waals surface area contributed by atoms with Gasteiger partial charge < -0.3 is 5.32 Å². The molecule has 0 saturated carbocycles. The third kappa shape index (κ3) is 2.31. The molecule has 1 aromatic rings. The van der Waals surface area contributed by atoms with Crippen LogP contribution >= 0.6 is 15.9 Å². The second kappa shape index (κ2) is 3.88. The summed E-state index contributed by atoms with van der Waals surface area (Å²) < 4.78 is 2.95. The zero-order chi connectivity index (χ0) is 8.27. The van der Waals surface area contributed by atoms with Crippen LogP contribution in [0.15, 0.2) is 16.9 Å². The lowest BCUT2D eigenvalue weighted by atomic mass is 10.3. The Morgan fingerprint density at radius 2 is 2.55 bits per heavy atom. The van der Waals surface area contributed by atoms with E-state index in [-0.39, 0.29) is 0 Å². The Kier molecular flexibility index (Phi) is 3.08. The Hall–Kier alpha value is -0.350. The lowest BCUT2D eigenvalue weighted by Gasteiger charge is -2.10. The fraction of sp³-hybridized carbons (Fsp3) is 0.571. The summed E-state index contributed by atoms with van der Waals surface area (Å²) in [6.45, 7) is 3.01. The molecular weight excluding hydrogens is 206 g/mol. The van der Waals surface area contributed by atoms with E-state index in [1.54, 1.807) is 6.20 Å². The van der Waals surface area contributed by atoms with Gasteiger partial charge in [-0.05, 0) is 36.0 Å². The van der Waals surface area contributed by atoms with Gasteiger partial charge in [0.15, 0.2) is 0 Å². The molecule has 62 valence electrons. The first-order valence-corrected chi connectivity index (χ1v) is 4.38. The molecule has 0 spiro atoms. The summed E-state index contributed by atoms with van der Waals surface area (Å²) in [5.41, 5.74) is 0. The third-order valence-corrected chi connectivity index (χ3v) is 2.28. The van der Waals surface area contributed by atoms with Gasteiger partial charge in [0.05, 0.1) is 12.7 Å². The fourth-order valence-electron chi connectivity index (χ4n) is 0.802. The van der Waals surface area contributed by atoms with E-state index in [9.17, 15) is 0 Å². The number of nitrogens with zero attached hydrogens (tertiary/aromatic N) is 2. The predicted molar refractivity (Wildman–Crippen MR) is 48.4 cm³/mol. The molecule has 0 aromatic carbocycles. The average molecular weight is 218 g/mol. The van der Waals surface area contributed by atoms with E-state index in [2.05, 4.69) is 33.3 Å². The van der Waals surface area contributed by atoms with Crippen molar-refractivity contribution in [2.75, 3.05) is 7.05 Å². The first kappa shape index (κ1) is 8.74. The highest BCUT2D eigenvalue weighted by atomic mass is 79.9. The molecule has 0 amide bonds. The van der Waals surface area contributed by atoms with Crippen molar-refractivity contribution in [3.8, 4) is 0 Å². The SMILES string of the molecule is CNC(C)Cn1nccc1Br. The van der Waals surface area contributed by atoms with Crippen LogP contribution in [0.5, 0.6) is 0 Å². The van der Waals surface area contributed by atoms with Crippen molar-refractivity contribution < 1.29 is 0 Å². The maximum Gasteiger partial charge on any atom is 0.104 e. The van der Waals surface area contributed by atoms with Crippen molar-refractivity contribution in [1.29, 1.82) is 0 Å². The van der Waals surface area contributed by atoms with Gasteiger partial charge in [0.1, 0.15) is 4.60 Å². The maximum absolute atomic E-state index is 4.13. The molecular formula is C7H12BrN3. The van der Waals surface area contributed by atoms with Gasteiger partial charge >= 0.3 is 0 Å². The number of likely N-dealkylation sites (N-methyl/N-ethyl adjacent to an activating group) is 1. The van der Waals surface area contributed by atoms with E-state index < -0.39 is 0 Å². The minimum atomic E-state index is 0.450. The number of nitrogens with one attached hydrogen (secondary N) is 1. The van der Waals surface area contributed by atoms with Crippen molar-refractivity contribution in [1.82, 2.24) is 15.1 Å². The fourth-order valence-corrected chi connectivity index (χ4v) is 1.16. The first-order chi connectivity index (χ1) is 5.24. The van der Waals surface area contributed by atoms with Crippen LogP contribution in [0.1, 0.15) is 6.92 Å². The third-order valence-electron chi connectivity index (χ3n) is 1.60. The molecule has 0 aliphatic rings. The van der Waals surface area contributed by atoms with Gasteiger partial charge in [-0.2, -0.15) is 5.10 Å². The van der Waals surface area contributed by atoms with Gasteiger partial charge in [-0.3, -0.25) is 4.68 Å². The molecule has 3 nitrogen and oxygen atoms in total. The molecule has 1 unspecified atom stereocenters. The van der Waals surface area contributed by atoms with E-state index in [1.807, 2.05) is 17.8 Å². The maximum atomic E-state index is 4.13. The van der Waals surface area contributed by atoms with E-state index in [0.29, 0.717) is 6.04 Å². The van der Waals surface area contributed by atoms with Gasteiger partial charge in [-0.1, -0.05) is 0 Å². The van der Waals surface area contributed by atoms with Crippen LogP contribution in [-0.4, -0.2) is 22.9 Å². The summed E-state index contributed by atoms with van der Waals surface area (Å²) in [6.07, 6.45) is 1.78. The molecule has 0 bridgehead atoms. The second-order valence-corrected chi connectivity index (χ2v) is 3.34. The number of rotatable bonds is 3. The van der Waals surface area contributed by atoms with Crippen molar-refractivity contribution in [2.45, 2.75) is 19.5 Å². The number of halogens is 1. The second-order valence-electron chi connectivity index (χ2n) is 2.53. The van der Waals surface area contributed by atoms with Crippen LogP contribution in [-0.2, 0) is 6.54 Å². The first-order valence-electron chi connectivity index (χ1n) is 3.58. The van der Waals surface area contributed by atoms with Crippen LogP contribution < -0.4 is 5.32 Å². The summed E-state index contributed by atoms with van der Waals surface area (Å²) in [6, 6.07) is 2.38. The lowest BCUT2D eigenvalue weighted by Crippen LogP contribution is -2.27. The molecule has 1 aromatic heterocycles. The van der Waals surface area contributed by atoms with E-state index in [1.165, 1.54) is 0 Å². The van der Waals surface area contributed by atoms with E-state index in [4.69, 9.17) is 0 Å². The Balaban J connectivity index is 2.56. The summed E-state index contributed by atoms with van der Waals surface area (Å²) in [5.74, 6) is 0. The predicted octanol–water partition coefficient (Wildman–Crippen LogP) is 1.25. The normalized spacial score (nSPS) is 13.4. The van der Waals surface area contributed by atoms with Gasteiger partial charge in [0.2, 0.25) is 0 Å². The Morgan fingerprint density at radius 1 is 1.82 bits per heavy atom. The molecule has 11 heavy (non-hydrogen) atoms. The monoisotopic (exact) mass is 217 g/mol. The minimum Gasteiger partial charge on any atom is -0.315 e. The van der Waals surface area contributed by atoms with Crippen LogP contribution in [0, 0.1) is 0 Å². The molecule has 0 fully saturated rings. The molecule has 1 heterocycles. The van der Waals surface area contributed by atoms with Crippen molar-refractivity contribution in [3.05, 3.63) is 16.9 Å². The highest BCUT2D eigenvalue weighted by molar-refractivity contribution is 9.10. The molecule has 1 N–H and O–H groups in total. The standard InChI is InChI=1S/C7H12BrN3/c1-6(9-2)5-11-7(8)3-4-10-11/h3-4,6,9H,5H2,1-2H3. The van der Waals surface area contributed by atoms with E-state index >= 15 is 0 Å². The number of hydrogen-bond donors (Lipinski definition) is 1. The van der Waals surface area contributed by atoms with Crippen molar-refractivity contribution in [3.63, 3.8) is 0 Å². The number of aromatic nitrogens is 2. The topological polar surface area (TPSA) is 29.9 Å². The molecule has 0 aliphatic heterocycles. The van der Waals surface area contributed by atoms with Gasteiger partial charge in [-0.15, -0.1) is 0 Å². The zero-order valence-electron chi connectivity index (χ0n) is 6.71. The molecule has 0 aliphatic carbocycles. The Morgan fingerprint density at radius 3 is 3.00 bits per heavy atom. The summed E-state index contributed by atoms with van der Waals surface area (Å²) in [5, 5.41) is 7.28. The van der Waals surface area contributed by atoms with Gasteiger partial charge in [0, 0.05) is 6.04 Å². The highest BCUT2D eigenvalue weighted by Crippen LogP contribution is 2.07. The molecule has 0 saturated heterocycles. The van der Waals surface area contributed by atoms with Crippen molar-refractivity contribution in [2.24, 2.45) is 0 Å². The van der Waals surface area contributed by atoms with E-state index in [0.717, 1.165) is 11.1 Å². The molecule has 0 radical (unpaired) electrons. The largest absolute Gasteiger partial charge is 0.315 e. The van der Waals surface area contributed by atoms with Gasteiger partial charge in [-0.25, -0.2) is 0 Å². The molecule has 1 rings (SSSR count). The molecule has 1 atom stereocenters. The highest BCUT2D eigenvalue weighted by Gasteiger charge is 2.02. The Labute approximate surface area is 74.9 Å². The molecule has 4 heteroatoms. The van der Waals surface area contributed by atoms with Crippen LogP contribution in [0.2, 0.25) is 0 Å². The zero-order valence-corrected chi connectivity index (χ0v) is 8.30. The van der Waals surface area contributed by atoms with Crippen molar-refractivity contribution >= 4 is 15.9 Å². The van der Waals surface area contributed by atoms with Gasteiger partial charge in [0.25, 0.3) is 0 Å². The quantitative estimate of drug-likeness (QED) is 0.827. The van der Waals surface area contributed by atoms with Crippen LogP contribution in [0.3, 0.4) is 0 Å². The minimum absolute atomic E-state index is 0.450. The van der Waals surface area contributed by atoms with Crippen LogP contribution in [0.25, 0.3) is 0 Å². The summed E-state index contributed by atoms with van der Waals surface area (Å²) in [7, 11) is 1.95. The smallest absolute Gasteiger partial charge is 0.104 e. The summed E-state index contributed by atoms with van der Waals surface area (Å²) >= 11 is 3.40. The van der Waals surface area contributed by atoms with Crippen LogP contribution in [0.4, 0.5) is 0 Å². The Bertz CT molecular complexity index is 221. The summed E-state index contributed by atoms with van der Waals surface area (Å²) in [4.78, 5) is 0.